The van der Waals surface area contributed by atoms with Gasteiger partial charge >= 0.3 is 0 Å². The van der Waals surface area contributed by atoms with E-state index in [0.717, 1.165) is 12.1 Å². The Balaban J connectivity index is 2.49. The summed E-state index contributed by atoms with van der Waals surface area (Å²) in [5, 5.41) is 10.1. The molecule has 0 aliphatic rings. The SMILES string of the molecule is CC(C)=CCc1c[nH]nn1. The van der Waals surface area contributed by atoms with Crippen molar-refractivity contribution in [3.63, 3.8) is 0 Å². The second-order valence-electron chi connectivity index (χ2n) is 2.45. The molecule has 1 aromatic rings. The first-order chi connectivity index (χ1) is 4.79. The predicted octanol–water partition coefficient (Wildman–Crippen LogP) is 1.31. The molecule has 0 atom stereocenters. The van der Waals surface area contributed by atoms with Gasteiger partial charge < -0.3 is 0 Å². The molecule has 0 fully saturated rings. The van der Waals surface area contributed by atoms with Crippen molar-refractivity contribution in [2.75, 3.05) is 0 Å². The first kappa shape index (κ1) is 6.99. The van der Waals surface area contributed by atoms with Crippen molar-refractivity contribution in [2.45, 2.75) is 20.3 Å². The van der Waals surface area contributed by atoms with Crippen LogP contribution in [0.2, 0.25) is 0 Å². The van der Waals surface area contributed by atoms with E-state index >= 15 is 0 Å². The standard InChI is InChI=1S/C7H11N3/c1-6(2)3-4-7-5-8-10-9-7/h3,5H,4H2,1-2H3,(H,8,9,10). The molecule has 0 saturated carbocycles. The summed E-state index contributed by atoms with van der Waals surface area (Å²) in [6.45, 7) is 4.14. The Labute approximate surface area is 60.2 Å². The van der Waals surface area contributed by atoms with Gasteiger partial charge in [-0.05, 0) is 13.8 Å². The van der Waals surface area contributed by atoms with Gasteiger partial charge in [0.25, 0.3) is 0 Å². The molecule has 0 amide bonds. The third-order valence-electron chi connectivity index (χ3n) is 1.19. The van der Waals surface area contributed by atoms with E-state index in [1.807, 2.05) is 0 Å². The second kappa shape index (κ2) is 3.15. The molecule has 0 spiro atoms. The van der Waals surface area contributed by atoms with E-state index in [0.29, 0.717) is 0 Å². The van der Waals surface area contributed by atoms with E-state index in [-0.39, 0.29) is 0 Å². The Hall–Kier alpha value is -1.12. The Morgan fingerprint density at radius 3 is 3.00 bits per heavy atom. The lowest BCUT2D eigenvalue weighted by Gasteiger charge is -1.86. The van der Waals surface area contributed by atoms with Gasteiger partial charge in [0, 0.05) is 12.6 Å². The average Bonchev–Trinajstić information content (AvgIpc) is 2.34. The molecule has 10 heavy (non-hydrogen) atoms. The monoisotopic (exact) mass is 137 g/mol. The highest BCUT2D eigenvalue weighted by atomic mass is 15.3. The largest absolute Gasteiger partial charge is 0.265 e. The highest BCUT2D eigenvalue weighted by Gasteiger charge is 1.89. The van der Waals surface area contributed by atoms with E-state index in [1.165, 1.54) is 5.57 Å². The number of nitrogens with zero attached hydrogens (tertiary/aromatic N) is 2. The molecule has 1 rings (SSSR count). The van der Waals surface area contributed by atoms with Gasteiger partial charge in [-0.1, -0.05) is 16.9 Å². The number of aromatic amines is 1. The zero-order valence-corrected chi connectivity index (χ0v) is 6.26. The first-order valence-corrected chi connectivity index (χ1v) is 3.28. The molecule has 3 nitrogen and oxygen atoms in total. The normalized spacial score (nSPS) is 9.40. The lowest BCUT2D eigenvalue weighted by atomic mass is 10.2. The maximum atomic E-state index is 3.84. The van der Waals surface area contributed by atoms with Crippen LogP contribution in [0.15, 0.2) is 17.8 Å². The van der Waals surface area contributed by atoms with Crippen LogP contribution >= 0.6 is 0 Å². The van der Waals surface area contributed by atoms with Crippen LogP contribution in [0.3, 0.4) is 0 Å². The highest BCUT2D eigenvalue weighted by Crippen LogP contribution is 1.95. The molecule has 3 heteroatoms. The topological polar surface area (TPSA) is 41.6 Å². The number of H-pyrrole nitrogens is 1. The minimum atomic E-state index is 0.874. The summed E-state index contributed by atoms with van der Waals surface area (Å²) in [5.74, 6) is 0. The van der Waals surface area contributed by atoms with Crippen LogP contribution in [0.5, 0.6) is 0 Å². The summed E-state index contributed by atoms with van der Waals surface area (Å²) >= 11 is 0. The van der Waals surface area contributed by atoms with E-state index in [2.05, 4.69) is 35.3 Å². The fourth-order valence-corrected chi connectivity index (χ4v) is 0.634. The van der Waals surface area contributed by atoms with Gasteiger partial charge in [-0.15, -0.1) is 5.10 Å². The van der Waals surface area contributed by atoms with E-state index < -0.39 is 0 Å². The van der Waals surface area contributed by atoms with E-state index in [4.69, 9.17) is 0 Å². The van der Waals surface area contributed by atoms with Crippen LogP contribution in [0.25, 0.3) is 0 Å². The van der Waals surface area contributed by atoms with Crippen LogP contribution in [-0.2, 0) is 6.42 Å². The highest BCUT2D eigenvalue weighted by molar-refractivity contribution is 5.03. The van der Waals surface area contributed by atoms with Crippen LogP contribution < -0.4 is 0 Å². The minimum Gasteiger partial charge on any atom is -0.265 e. The van der Waals surface area contributed by atoms with E-state index in [1.54, 1.807) is 6.20 Å². The molecule has 1 aromatic heterocycles. The molecular formula is C7H11N3. The summed E-state index contributed by atoms with van der Waals surface area (Å²) in [5.41, 5.74) is 2.30. The molecule has 0 aliphatic heterocycles. The Morgan fingerprint density at radius 2 is 2.50 bits per heavy atom. The Kier molecular flexibility index (Phi) is 2.20. The van der Waals surface area contributed by atoms with Gasteiger partial charge in [-0.3, -0.25) is 5.10 Å². The first-order valence-electron chi connectivity index (χ1n) is 3.28. The molecule has 0 aromatic carbocycles. The third-order valence-corrected chi connectivity index (χ3v) is 1.19. The summed E-state index contributed by atoms with van der Waals surface area (Å²) < 4.78 is 0. The summed E-state index contributed by atoms with van der Waals surface area (Å²) in [4.78, 5) is 0. The molecule has 0 saturated heterocycles. The third kappa shape index (κ3) is 2.01. The van der Waals surface area contributed by atoms with Crippen LogP contribution in [0.4, 0.5) is 0 Å². The van der Waals surface area contributed by atoms with E-state index in [9.17, 15) is 0 Å². The number of hydrogen-bond acceptors (Lipinski definition) is 2. The van der Waals surface area contributed by atoms with Gasteiger partial charge in [0.15, 0.2) is 0 Å². The summed E-state index contributed by atoms with van der Waals surface area (Å²) in [6.07, 6.45) is 4.80. The fraction of sp³-hybridized carbons (Fsp3) is 0.429. The number of allylic oxidation sites excluding steroid dienone is 2. The van der Waals surface area contributed by atoms with Crippen molar-refractivity contribution >= 4 is 0 Å². The predicted molar refractivity (Wildman–Crippen MR) is 39.5 cm³/mol. The number of rotatable bonds is 2. The van der Waals surface area contributed by atoms with Crippen molar-refractivity contribution in [3.05, 3.63) is 23.5 Å². The lowest BCUT2D eigenvalue weighted by Crippen LogP contribution is -1.80. The quantitative estimate of drug-likeness (QED) is 0.624. The molecular weight excluding hydrogens is 126 g/mol. The smallest absolute Gasteiger partial charge is 0.0862 e. The zero-order chi connectivity index (χ0) is 7.40. The van der Waals surface area contributed by atoms with Gasteiger partial charge in [-0.25, -0.2) is 0 Å². The Bertz CT molecular complexity index is 207. The number of hydrogen-bond donors (Lipinski definition) is 1. The van der Waals surface area contributed by atoms with Crippen molar-refractivity contribution in [1.82, 2.24) is 15.4 Å². The van der Waals surface area contributed by atoms with Gasteiger partial charge in [0.1, 0.15) is 0 Å². The number of nitrogens with one attached hydrogen (secondary N) is 1. The fourth-order valence-electron chi connectivity index (χ4n) is 0.634. The maximum absolute atomic E-state index is 3.84. The minimum absolute atomic E-state index is 0.874. The molecule has 1 N–H and O–H groups in total. The van der Waals surface area contributed by atoms with Gasteiger partial charge in [-0.2, -0.15) is 0 Å². The van der Waals surface area contributed by atoms with Crippen LogP contribution in [0, 0.1) is 0 Å². The van der Waals surface area contributed by atoms with Crippen molar-refractivity contribution < 1.29 is 0 Å². The zero-order valence-electron chi connectivity index (χ0n) is 6.26. The van der Waals surface area contributed by atoms with Gasteiger partial charge in [0.05, 0.1) is 5.69 Å². The molecule has 0 unspecified atom stereocenters. The lowest BCUT2D eigenvalue weighted by molar-refractivity contribution is 0.918. The Morgan fingerprint density at radius 1 is 1.70 bits per heavy atom. The number of aromatic nitrogens is 3. The van der Waals surface area contributed by atoms with Crippen molar-refractivity contribution in [2.24, 2.45) is 0 Å². The molecule has 0 radical (unpaired) electrons. The van der Waals surface area contributed by atoms with Crippen molar-refractivity contribution in [3.8, 4) is 0 Å². The average molecular weight is 137 g/mol. The van der Waals surface area contributed by atoms with Gasteiger partial charge in [0.2, 0.25) is 0 Å². The second-order valence-corrected chi connectivity index (χ2v) is 2.45. The molecule has 0 aliphatic carbocycles. The molecule has 54 valence electrons. The summed E-state index contributed by atoms with van der Waals surface area (Å²) in [6, 6.07) is 0. The molecule has 1 heterocycles. The van der Waals surface area contributed by atoms with Crippen molar-refractivity contribution in [1.29, 1.82) is 0 Å². The van der Waals surface area contributed by atoms with Crippen LogP contribution in [-0.4, -0.2) is 15.4 Å². The van der Waals surface area contributed by atoms with Crippen LogP contribution in [0.1, 0.15) is 19.5 Å². The maximum Gasteiger partial charge on any atom is 0.0862 e. The molecule has 0 bridgehead atoms. The summed E-state index contributed by atoms with van der Waals surface area (Å²) in [7, 11) is 0.